The van der Waals surface area contributed by atoms with Gasteiger partial charge in [0, 0.05) is 34.1 Å². The van der Waals surface area contributed by atoms with E-state index in [1.54, 1.807) is 24.1 Å². The van der Waals surface area contributed by atoms with Crippen molar-refractivity contribution >= 4 is 45.8 Å². The van der Waals surface area contributed by atoms with Crippen molar-refractivity contribution in [1.29, 1.82) is 0 Å². The first-order valence-corrected chi connectivity index (χ1v) is 10.3. The Morgan fingerprint density at radius 2 is 1.62 bits per heavy atom. The van der Waals surface area contributed by atoms with Crippen LogP contribution in [-0.2, 0) is 11.3 Å². The minimum atomic E-state index is -0.149. The molecule has 0 saturated carbocycles. The standard InChI is InChI=1S/C23H22IN3O2/c1-27(16-17-6-3-2-4-7-17)23(29)18-8-5-9-21(14-18)25-15-22(28)26-20-12-10-19(24)11-13-20/h2-14,25H,15-16H2,1H3,(H,26,28). The number of rotatable bonds is 7. The van der Waals surface area contributed by atoms with Crippen LogP contribution in [0.4, 0.5) is 11.4 Å². The van der Waals surface area contributed by atoms with E-state index in [0.29, 0.717) is 12.1 Å². The fraction of sp³-hybridized carbons (Fsp3) is 0.130. The normalized spacial score (nSPS) is 10.3. The molecule has 0 bridgehead atoms. The highest BCUT2D eigenvalue weighted by molar-refractivity contribution is 14.1. The van der Waals surface area contributed by atoms with E-state index in [1.807, 2.05) is 66.7 Å². The predicted molar refractivity (Wildman–Crippen MR) is 125 cm³/mol. The van der Waals surface area contributed by atoms with Crippen LogP contribution in [0.2, 0.25) is 0 Å². The molecule has 0 spiro atoms. The summed E-state index contributed by atoms with van der Waals surface area (Å²) in [6.45, 7) is 0.652. The summed E-state index contributed by atoms with van der Waals surface area (Å²) in [5, 5.41) is 5.92. The smallest absolute Gasteiger partial charge is 0.253 e. The molecule has 5 nitrogen and oxygen atoms in total. The number of nitrogens with zero attached hydrogens (tertiary/aromatic N) is 1. The minimum absolute atomic E-state index is 0.0687. The van der Waals surface area contributed by atoms with Crippen LogP contribution < -0.4 is 10.6 Å². The molecule has 0 atom stereocenters. The van der Waals surface area contributed by atoms with Gasteiger partial charge in [-0.05, 0) is 70.6 Å². The van der Waals surface area contributed by atoms with Gasteiger partial charge < -0.3 is 15.5 Å². The Balaban J connectivity index is 1.56. The Morgan fingerprint density at radius 1 is 0.897 bits per heavy atom. The molecule has 6 heteroatoms. The number of hydrogen-bond acceptors (Lipinski definition) is 3. The second-order valence-corrected chi connectivity index (χ2v) is 7.88. The quantitative estimate of drug-likeness (QED) is 0.467. The van der Waals surface area contributed by atoms with Gasteiger partial charge in [0.15, 0.2) is 0 Å². The second kappa shape index (κ2) is 10.1. The predicted octanol–water partition coefficient (Wildman–Crippen LogP) is 4.61. The third-order valence-electron chi connectivity index (χ3n) is 4.30. The molecule has 0 aromatic heterocycles. The molecule has 0 unspecified atom stereocenters. The molecule has 0 aliphatic carbocycles. The number of benzene rings is 3. The van der Waals surface area contributed by atoms with Crippen molar-refractivity contribution in [2.45, 2.75) is 6.54 Å². The maximum Gasteiger partial charge on any atom is 0.253 e. The van der Waals surface area contributed by atoms with Crippen LogP contribution in [0.15, 0.2) is 78.9 Å². The molecular weight excluding hydrogens is 477 g/mol. The number of halogens is 1. The van der Waals surface area contributed by atoms with Gasteiger partial charge in [0.05, 0.1) is 6.54 Å². The molecule has 0 radical (unpaired) electrons. The van der Waals surface area contributed by atoms with Gasteiger partial charge in [0.25, 0.3) is 5.91 Å². The van der Waals surface area contributed by atoms with Gasteiger partial charge in [0.2, 0.25) is 5.91 Å². The molecule has 0 aliphatic rings. The van der Waals surface area contributed by atoms with Crippen LogP contribution >= 0.6 is 22.6 Å². The first-order valence-electron chi connectivity index (χ1n) is 9.20. The zero-order chi connectivity index (χ0) is 20.6. The first-order chi connectivity index (χ1) is 14.0. The highest BCUT2D eigenvalue weighted by Gasteiger charge is 2.13. The fourth-order valence-corrected chi connectivity index (χ4v) is 3.19. The summed E-state index contributed by atoms with van der Waals surface area (Å²) in [4.78, 5) is 26.6. The molecule has 0 heterocycles. The Bertz CT molecular complexity index is 975. The molecule has 3 aromatic rings. The lowest BCUT2D eigenvalue weighted by molar-refractivity contribution is -0.114. The molecule has 0 fully saturated rings. The molecule has 2 N–H and O–H groups in total. The van der Waals surface area contributed by atoms with Crippen LogP contribution in [0.3, 0.4) is 0 Å². The van der Waals surface area contributed by atoms with Crippen LogP contribution in [-0.4, -0.2) is 30.3 Å². The zero-order valence-electron chi connectivity index (χ0n) is 16.1. The van der Waals surface area contributed by atoms with Gasteiger partial charge in [-0.2, -0.15) is 0 Å². The van der Waals surface area contributed by atoms with Crippen LogP contribution in [0, 0.1) is 3.57 Å². The first kappa shape index (κ1) is 20.9. The van der Waals surface area contributed by atoms with Crippen molar-refractivity contribution in [2.75, 3.05) is 24.2 Å². The third kappa shape index (κ3) is 6.32. The van der Waals surface area contributed by atoms with Gasteiger partial charge >= 0.3 is 0 Å². The van der Waals surface area contributed by atoms with E-state index >= 15 is 0 Å². The number of amides is 2. The Labute approximate surface area is 184 Å². The minimum Gasteiger partial charge on any atom is -0.376 e. The zero-order valence-corrected chi connectivity index (χ0v) is 18.2. The number of carbonyl (C=O) groups is 2. The SMILES string of the molecule is CN(Cc1ccccc1)C(=O)c1cccc(NCC(=O)Nc2ccc(I)cc2)c1. The van der Waals surface area contributed by atoms with Crippen LogP contribution in [0.5, 0.6) is 0 Å². The largest absolute Gasteiger partial charge is 0.376 e. The highest BCUT2D eigenvalue weighted by Crippen LogP contribution is 2.14. The molecule has 2 amide bonds. The summed E-state index contributed by atoms with van der Waals surface area (Å²) >= 11 is 2.22. The van der Waals surface area contributed by atoms with Crippen molar-refractivity contribution in [3.8, 4) is 0 Å². The van der Waals surface area contributed by atoms with Crippen molar-refractivity contribution < 1.29 is 9.59 Å². The number of anilines is 2. The Morgan fingerprint density at radius 3 is 2.34 bits per heavy atom. The van der Waals surface area contributed by atoms with Crippen molar-refractivity contribution in [3.05, 3.63) is 93.6 Å². The second-order valence-electron chi connectivity index (χ2n) is 6.64. The molecular formula is C23H22IN3O2. The Hall–Kier alpha value is -2.87. The Kier molecular flexibility index (Phi) is 7.24. The van der Waals surface area contributed by atoms with Gasteiger partial charge in [-0.3, -0.25) is 9.59 Å². The van der Waals surface area contributed by atoms with Crippen molar-refractivity contribution in [1.82, 2.24) is 4.90 Å². The van der Waals surface area contributed by atoms with E-state index < -0.39 is 0 Å². The van der Waals surface area contributed by atoms with Crippen molar-refractivity contribution in [2.24, 2.45) is 0 Å². The molecule has 3 rings (SSSR count). The maximum absolute atomic E-state index is 12.7. The number of hydrogen-bond donors (Lipinski definition) is 2. The van der Waals surface area contributed by atoms with E-state index in [4.69, 9.17) is 0 Å². The van der Waals surface area contributed by atoms with E-state index in [2.05, 4.69) is 33.2 Å². The topological polar surface area (TPSA) is 61.4 Å². The van der Waals surface area contributed by atoms with E-state index in [9.17, 15) is 9.59 Å². The summed E-state index contributed by atoms with van der Waals surface area (Å²) in [7, 11) is 1.78. The average molecular weight is 499 g/mol. The van der Waals surface area contributed by atoms with Gasteiger partial charge in [0.1, 0.15) is 0 Å². The summed E-state index contributed by atoms with van der Waals surface area (Å²) in [6, 6.07) is 24.6. The lowest BCUT2D eigenvalue weighted by Gasteiger charge is -2.18. The monoisotopic (exact) mass is 499 g/mol. The van der Waals surface area contributed by atoms with E-state index in [1.165, 1.54) is 0 Å². The summed E-state index contributed by atoms with van der Waals surface area (Å²) in [5.41, 5.74) is 3.13. The van der Waals surface area contributed by atoms with Crippen molar-refractivity contribution in [3.63, 3.8) is 0 Å². The average Bonchev–Trinajstić information content (AvgIpc) is 2.74. The van der Waals surface area contributed by atoms with Gasteiger partial charge in [-0.15, -0.1) is 0 Å². The maximum atomic E-state index is 12.7. The highest BCUT2D eigenvalue weighted by atomic mass is 127. The lowest BCUT2D eigenvalue weighted by atomic mass is 10.1. The summed E-state index contributed by atoms with van der Waals surface area (Å²) < 4.78 is 1.11. The molecule has 3 aromatic carbocycles. The summed E-state index contributed by atoms with van der Waals surface area (Å²) in [6.07, 6.45) is 0. The number of nitrogens with one attached hydrogen (secondary N) is 2. The molecule has 148 valence electrons. The third-order valence-corrected chi connectivity index (χ3v) is 5.02. The molecule has 0 aliphatic heterocycles. The fourth-order valence-electron chi connectivity index (χ4n) is 2.83. The summed E-state index contributed by atoms with van der Waals surface area (Å²) in [5.74, 6) is -0.218. The van der Waals surface area contributed by atoms with Crippen LogP contribution in [0.1, 0.15) is 15.9 Å². The molecule has 29 heavy (non-hydrogen) atoms. The van der Waals surface area contributed by atoms with E-state index in [-0.39, 0.29) is 18.4 Å². The van der Waals surface area contributed by atoms with Gasteiger partial charge in [-0.1, -0.05) is 36.4 Å². The number of carbonyl (C=O) groups excluding carboxylic acids is 2. The van der Waals surface area contributed by atoms with Gasteiger partial charge in [-0.25, -0.2) is 0 Å². The molecule has 0 saturated heterocycles. The lowest BCUT2D eigenvalue weighted by Crippen LogP contribution is -2.26. The van der Waals surface area contributed by atoms with E-state index in [0.717, 1.165) is 20.5 Å². The van der Waals surface area contributed by atoms with Crippen LogP contribution in [0.25, 0.3) is 0 Å².